The number of para-hydroxylation sites is 1. The van der Waals surface area contributed by atoms with E-state index in [2.05, 4.69) is 36.1 Å². The van der Waals surface area contributed by atoms with Crippen LogP contribution in [0.4, 0.5) is 11.6 Å². The summed E-state index contributed by atoms with van der Waals surface area (Å²) in [4.78, 5) is 23.4. The zero-order valence-corrected chi connectivity index (χ0v) is 15.0. The summed E-state index contributed by atoms with van der Waals surface area (Å²) in [6, 6.07) is 9.50. The fourth-order valence-electron chi connectivity index (χ4n) is 2.82. The Morgan fingerprint density at radius 2 is 1.88 bits per heavy atom. The number of aromatic nitrogens is 2. The van der Waals surface area contributed by atoms with Crippen molar-refractivity contribution in [3.05, 3.63) is 47.8 Å². The Hall–Kier alpha value is -2.47. The molecule has 6 nitrogen and oxygen atoms in total. The molecule has 1 aromatic heterocycles. The molecule has 25 heavy (non-hydrogen) atoms. The van der Waals surface area contributed by atoms with E-state index in [-0.39, 0.29) is 11.3 Å². The van der Waals surface area contributed by atoms with Gasteiger partial charge in [-0.3, -0.25) is 4.79 Å². The highest BCUT2D eigenvalue weighted by Gasteiger charge is 2.20. The van der Waals surface area contributed by atoms with Gasteiger partial charge in [-0.15, -0.1) is 0 Å². The normalized spacial score (nSPS) is 15.1. The van der Waals surface area contributed by atoms with Gasteiger partial charge in [0.1, 0.15) is 5.69 Å². The maximum atomic E-state index is 12.7. The minimum atomic E-state index is -0.228. The third-order valence-corrected chi connectivity index (χ3v) is 4.15. The van der Waals surface area contributed by atoms with Crippen LogP contribution in [0.5, 0.6) is 0 Å². The van der Waals surface area contributed by atoms with E-state index in [4.69, 9.17) is 4.74 Å². The molecule has 1 fully saturated rings. The molecule has 2 aromatic rings. The summed E-state index contributed by atoms with van der Waals surface area (Å²) < 4.78 is 5.35. The van der Waals surface area contributed by atoms with Gasteiger partial charge in [0.25, 0.3) is 5.91 Å². The van der Waals surface area contributed by atoms with E-state index >= 15 is 0 Å². The third kappa shape index (κ3) is 4.14. The van der Waals surface area contributed by atoms with Crippen molar-refractivity contribution in [3.63, 3.8) is 0 Å². The van der Waals surface area contributed by atoms with E-state index in [1.807, 2.05) is 29.2 Å². The van der Waals surface area contributed by atoms with Crippen LogP contribution in [0.3, 0.4) is 0 Å². The van der Waals surface area contributed by atoms with Gasteiger partial charge >= 0.3 is 0 Å². The average molecular weight is 340 g/mol. The van der Waals surface area contributed by atoms with Gasteiger partial charge < -0.3 is 15.0 Å². The summed E-state index contributed by atoms with van der Waals surface area (Å²) in [7, 11) is 0. The van der Waals surface area contributed by atoms with Crippen LogP contribution in [-0.4, -0.2) is 42.2 Å². The quantitative estimate of drug-likeness (QED) is 0.930. The molecule has 0 bridgehead atoms. The lowest BCUT2D eigenvalue weighted by Gasteiger charge is -2.26. The van der Waals surface area contributed by atoms with Crippen molar-refractivity contribution >= 4 is 17.5 Å². The number of hydrogen-bond acceptors (Lipinski definition) is 5. The van der Waals surface area contributed by atoms with E-state index in [1.165, 1.54) is 0 Å². The summed E-state index contributed by atoms with van der Waals surface area (Å²) in [5.74, 6) is 0.341. The van der Waals surface area contributed by atoms with E-state index in [9.17, 15) is 4.79 Å². The Morgan fingerprint density at radius 3 is 2.60 bits per heavy atom. The average Bonchev–Trinajstić information content (AvgIpc) is 2.62. The molecule has 0 radical (unpaired) electrons. The molecule has 2 heterocycles. The first-order chi connectivity index (χ1) is 11.9. The molecule has 0 unspecified atom stereocenters. The fourth-order valence-corrected chi connectivity index (χ4v) is 2.82. The highest BCUT2D eigenvalue weighted by molar-refractivity contribution is 6.03. The summed E-state index contributed by atoms with van der Waals surface area (Å²) in [5, 5.41) is 2.99. The van der Waals surface area contributed by atoms with Crippen LogP contribution in [0.25, 0.3) is 0 Å². The molecule has 1 aliphatic heterocycles. The van der Waals surface area contributed by atoms with Crippen LogP contribution in [0, 0.1) is 0 Å². The van der Waals surface area contributed by atoms with Gasteiger partial charge in [0, 0.05) is 25.0 Å². The number of benzene rings is 1. The lowest BCUT2D eigenvalue weighted by Crippen LogP contribution is -2.37. The van der Waals surface area contributed by atoms with Crippen molar-refractivity contribution in [1.82, 2.24) is 9.97 Å². The Kier molecular flexibility index (Phi) is 4.99. The van der Waals surface area contributed by atoms with Crippen LogP contribution in [0.15, 0.2) is 36.5 Å². The minimum absolute atomic E-state index is 0.0610. The molecule has 132 valence electrons. The molecule has 0 aliphatic carbocycles. The number of carbonyl (C=O) groups is 1. The van der Waals surface area contributed by atoms with Crippen molar-refractivity contribution < 1.29 is 9.53 Å². The summed E-state index contributed by atoms with van der Waals surface area (Å²) in [6.07, 6.45) is 1.63. The van der Waals surface area contributed by atoms with Gasteiger partial charge in [0.2, 0.25) is 5.95 Å². The summed E-state index contributed by atoms with van der Waals surface area (Å²) in [5.41, 5.74) is 2.20. The number of nitrogens with one attached hydrogen (secondary N) is 1. The van der Waals surface area contributed by atoms with Gasteiger partial charge in [-0.2, -0.15) is 0 Å². The largest absolute Gasteiger partial charge is 0.378 e. The Balaban J connectivity index is 1.80. The smallest absolute Gasteiger partial charge is 0.274 e. The molecule has 1 aromatic carbocycles. The number of carbonyl (C=O) groups excluding carboxylic acids is 1. The van der Waals surface area contributed by atoms with Gasteiger partial charge in [-0.25, -0.2) is 9.97 Å². The number of hydrogen-bond donors (Lipinski definition) is 1. The van der Waals surface area contributed by atoms with Crippen LogP contribution in [0.1, 0.15) is 36.8 Å². The number of amides is 1. The molecule has 1 aliphatic rings. The number of anilines is 2. The molecule has 6 heteroatoms. The van der Waals surface area contributed by atoms with E-state index in [0.29, 0.717) is 24.9 Å². The molecule has 0 spiro atoms. The van der Waals surface area contributed by atoms with Crippen molar-refractivity contribution in [3.8, 4) is 0 Å². The van der Waals surface area contributed by atoms with Crippen molar-refractivity contribution in [2.24, 2.45) is 0 Å². The fraction of sp³-hybridized carbons (Fsp3) is 0.421. The summed E-state index contributed by atoms with van der Waals surface area (Å²) in [6.45, 7) is 9.14. The highest BCUT2D eigenvalue weighted by Crippen LogP contribution is 2.29. The molecule has 1 saturated heterocycles. The van der Waals surface area contributed by atoms with Crippen molar-refractivity contribution in [2.45, 2.75) is 26.2 Å². The molecular weight excluding hydrogens is 316 g/mol. The van der Waals surface area contributed by atoms with Crippen LogP contribution in [-0.2, 0) is 10.2 Å². The van der Waals surface area contributed by atoms with E-state index in [0.717, 1.165) is 24.3 Å². The lowest BCUT2D eigenvalue weighted by atomic mass is 9.86. The number of ether oxygens (including phenoxy) is 1. The number of rotatable bonds is 3. The highest BCUT2D eigenvalue weighted by atomic mass is 16.5. The van der Waals surface area contributed by atoms with Crippen LogP contribution in [0.2, 0.25) is 0 Å². The van der Waals surface area contributed by atoms with E-state index in [1.54, 1.807) is 12.3 Å². The predicted molar refractivity (Wildman–Crippen MR) is 98.2 cm³/mol. The topological polar surface area (TPSA) is 67.4 Å². The SMILES string of the molecule is CC(C)(C)c1ccccc1NC(=O)c1ccnc(N2CCOCC2)n1. The zero-order chi connectivity index (χ0) is 17.9. The molecule has 0 atom stereocenters. The van der Waals surface area contributed by atoms with Crippen LogP contribution >= 0.6 is 0 Å². The van der Waals surface area contributed by atoms with Gasteiger partial charge in [0.15, 0.2) is 0 Å². The first-order valence-electron chi connectivity index (χ1n) is 8.52. The number of nitrogens with zero attached hydrogens (tertiary/aromatic N) is 3. The molecule has 0 saturated carbocycles. The molecule has 1 amide bonds. The Labute approximate surface area is 148 Å². The van der Waals surface area contributed by atoms with Crippen LogP contribution < -0.4 is 10.2 Å². The zero-order valence-electron chi connectivity index (χ0n) is 15.0. The van der Waals surface area contributed by atoms with Crippen molar-refractivity contribution in [2.75, 3.05) is 36.5 Å². The standard InChI is InChI=1S/C19H24N4O2/c1-19(2,3)14-6-4-5-7-15(14)21-17(24)16-8-9-20-18(22-16)23-10-12-25-13-11-23/h4-9H,10-13H2,1-3H3,(H,21,24). The maximum Gasteiger partial charge on any atom is 0.274 e. The first kappa shape index (κ1) is 17.4. The van der Waals surface area contributed by atoms with Gasteiger partial charge in [-0.1, -0.05) is 39.0 Å². The second-order valence-corrected chi connectivity index (χ2v) is 7.09. The first-order valence-corrected chi connectivity index (χ1v) is 8.52. The minimum Gasteiger partial charge on any atom is -0.378 e. The molecule has 3 rings (SSSR count). The molecule has 1 N–H and O–H groups in total. The third-order valence-electron chi connectivity index (χ3n) is 4.15. The Morgan fingerprint density at radius 1 is 1.16 bits per heavy atom. The summed E-state index contributed by atoms with van der Waals surface area (Å²) >= 11 is 0. The second-order valence-electron chi connectivity index (χ2n) is 7.09. The van der Waals surface area contributed by atoms with Gasteiger partial charge in [0.05, 0.1) is 13.2 Å². The predicted octanol–water partition coefficient (Wildman–Crippen LogP) is 2.86. The molecular formula is C19H24N4O2. The Bertz CT molecular complexity index is 749. The van der Waals surface area contributed by atoms with Crippen molar-refractivity contribution in [1.29, 1.82) is 0 Å². The lowest BCUT2D eigenvalue weighted by molar-refractivity contribution is 0.102. The second kappa shape index (κ2) is 7.19. The maximum absolute atomic E-state index is 12.7. The van der Waals surface area contributed by atoms with E-state index < -0.39 is 0 Å². The monoisotopic (exact) mass is 340 g/mol. The van der Waals surface area contributed by atoms with Gasteiger partial charge in [-0.05, 0) is 23.1 Å². The number of morpholine rings is 1.